The number of para-hydroxylation sites is 1. The van der Waals surface area contributed by atoms with Crippen LogP contribution in [0, 0.1) is 10.1 Å². The third-order valence-corrected chi connectivity index (χ3v) is 4.26. The summed E-state index contributed by atoms with van der Waals surface area (Å²) >= 11 is 12.1. The molecule has 0 spiro atoms. The van der Waals surface area contributed by atoms with Crippen molar-refractivity contribution in [1.82, 2.24) is 19.8 Å². The summed E-state index contributed by atoms with van der Waals surface area (Å²) in [5.74, 6) is 0. The molecule has 27 heavy (non-hydrogen) atoms. The standard InChI is InChI=1S/C15H10Cl2N6O4/c1-20(9-5-7-10(8-6-9)23(26)27)14(24)22-15(25)21(18-19-22)13-11(16)3-2-4-12(13)17/h2-8H,1H3. The van der Waals surface area contributed by atoms with Crippen molar-refractivity contribution >= 4 is 40.6 Å². The van der Waals surface area contributed by atoms with Crippen LogP contribution in [0.2, 0.25) is 10.0 Å². The minimum Gasteiger partial charge on any atom is -0.295 e. The molecule has 0 bridgehead atoms. The van der Waals surface area contributed by atoms with Gasteiger partial charge in [0.25, 0.3) is 5.69 Å². The van der Waals surface area contributed by atoms with Gasteiger partial charge in [-0.1, -0.05) is 29.3 Å². The van der Waals surface area contributed by atoms with Gasteiger partial charge in [0.05, 0.1) is 15.0 Å². The number of carbonyl (C=O) groups excluding carboxylic acids is 1. The van der Waals surface area contributed by atoms with E-state index in [-0.39, 0.29) is 21.4 Å². The number of halogens is 2. The van der Waals surface area contributed by atoms with Crippen LogP contribution in [0.15, 0.2) is 47.3 Å². The van der Waals surface area contributed by atoms with Crippen molar-refractivity contribution < 1.29 is 9.72 Å². The van der Waals surface area contributed by atoms with E-state index in [1.54, 1.807) is 6.07 Å². The minimum atomic E-state index is -0.872. The van der Waals surface area contributed by atoms with E-state index in [2.05, 4.69) is 10.4 Å². The summed E-state index contributed by atoms with van der Waals surface area (Å²) in [5, 5.41) is 18.3. The molecule has 0 fully saturated rings. The second-order valence-electron chi connectivity index (χ2n) is 5.27. The van der Waals surface area contributed by atoms with E-state index < -0.39 is 16.6 Å². The molecule has 0 aliphatic carbocycles. The van der Waals surface area contributed by atoms with Crippen LogP contribution in [0.1, 0.15) is 0 Å². The van der Waals surface area contributed by atoms with E-state index in [4.69, 9.17) is 23.2 Å². The van der Waals surface area contributed by atoms with Crippen LogP contribution >= 0.6 is 23.2 Å². The van der Waals surface area contributed by atoms with Crippen LogP contribution in [-0.4, -0.2) is 37.8 Å². The Balaban J connectivity index is 1.95. The van der Waals surface area contributed by atoms with E-state index in [1.807, 2.05) is 0 Å². The topological polar surface area (TPSA) is 116 Å². The number of nitro benzene ring substituents is 1. The summed E-state index contributed by atoms with van der Waals surface area (Å²) in [4.78, 5) is 36.4. The molecule has 2 aromatic carbocycles. The third kappa shape index (κ3) is 3.39. The number of anilines is 1. The molecule has 3 aromatic rings. The Kier molecular flexibility index (Phi) is 4.93. The molecule has 0 saturated carbocycles. The first-order valence-corrected chi connectivity index (χ1v) is 8.09. The molecule has 0 radical (unpaired) electrons. The van der Waals surface area contributed by atoms with Gasteiger partial charge in [-0.2, -0.15) is 4.68 Å². The first-order chi connectivity index (χ1) is 12.8. The Morgan fingerprint density at radius 1 is 1.11 bits per heavy atom. The molecule has 1 amide bonds. The summed E-state index contributed by atoms with van der Waals surface area (Å²) in [6.07, 6.45) is 0. The lowest BCUT2D eigenvalue weighted by atomic mass is 10.3. The summed E-state index contributed by atoms with van der Waals surface area (Å²) in [6, 6.07) is 9.02. The average Bonchev–Trinajstić information content (AvgIpc) is 3.02. The van der Waals surface area contributed by atoms with Gasteiger partial charge in [0.2, 0.25) is 0 Å². The van der Waals surface area contributed by atoms with Crippen LogP contribution in [-0.2, 0) is 0 Å². The Morgan fingerprint density at radius 3 is 2.26 bits per heavy atom. The summed E-state index contributed by atoms with van der Waals surface area (Å²) in [5.41, 5.74) is -0.578. The maximum Gasteiger partial charge on any atom is 0.377 e. The fraction of sp³-hybridized carbons (Fsp3) is 0.0667. The highest BCUT2D eigenvalue weighted by atomic mass is 35.5. The molecule has 1 heterocycles. The number of amides is 1. The maximum atomic E-state index is 12.6. The molecule has 0 N–H and O–H groups in total. The lowest BCUT2D eigenvalue weighted by Crippen LogP contribution is -2.39. The number of carbonyl (C=O) groups is 1. The molecule has 0 saturated heterocycles. The van der Waals surface area contributed by atoms with Gasteiger partial charge in [-0.25, -0.2) is 9.59 Å². The van der Waals surface area contributed by atoms with Gasteiger partial charge in [0, 0.05) is 24.9 Å². The SMILES string of the molecule is CN(C(=O)n1nnn(-c2c(Cl)cccc2Cl)c1=O)c1ccc([N+](=O)[O-])cc1. The number of nitrogens with zero attached hydrogens (tertiary/aromatic N) is 6. The number of non-ortho nitro benzene ring substituents is 1. The van der Waals surface area contributed by atoms with Crippen molar-refractivity contribution in [3.8, 4) is 5.69 Å². The molecule has 0 aliphatic rings. The van der Waals surface area contributed by atoms with Gasteiger partial charge in [0.1, 0.15) is 5.69 Å². The number of hydrogen-bond acceptors (Lipinski definition) is 6. The quantitative estimate of drug-likeness (QED) is 0.373. The molecule has 0 atom stereocenters. The van der Waals surface area contributed by atoms with E-state index in [1.165, 1.54) is 43.4 Å². The van der Waals surface area contributed by atoms with Gasteiger partial charge in [-0.15, -0.1) is 4.68 Å². The van der Waals surface area contributed by atoms with E-state index in [9.17, 15) is 19.7 Å². The first-order valence-electron chi connectivity index (χ1n) is 7.33. The zero-order valence-corrected chi connectivity index (χ0v) is 15.1. The van der Waals surface area contributed by atoms with Gasteiger partial charge in [-0.3, -0.25) is 15.0 Å². The van der Waals surface area contributed by atoms with Crippen molar-refractivity contribution in [1.29, 1.82) is 0 Å². The number of hydrogen-bond donors (Lipinski definition) is 0. The predicted molar refractivity (Wildman–Crippen MR) is 97.9 cm³/mol. The number of benzene rings is 2. The molecule has 0 aliphatic heterocycles. The van der Waals surface area contributed by atoms with Crippen LogP contribution in [0.25, 0.3) is 5.69 Å². The highest BCUT2D eigenvalue weighted by Gasteiger charge is 2.22. The van der Waals surface area contributed by atoms with E-state index >= 15 is 0 Å². The fourth-order valence-electron chi connectivity index (χ4n) is 2.25. The molecular formula is C15H10Cl2N6O4. The van der Waals surface area contributed by atoms with Gasteiger partial charge in [-0.05, 0) is 34.7 Å². The van der Waals surface area contributed by atoms with Crippen molar-refractivity contribution in [3.63, 3.8) is 0 Å². The second-order valence-corrected chi connectivity index (χ2v) is 6.08. The normalized spacial score (nSPS) is 10.6. The Morgan fingerprint density at radius 2 is 1.70 bits per heavy atom. The minimum absolute atomic E-state index is 0.0999. The van der Waals surface area contributed by atoms with Crippen molar-refractivity contribution in [2.75, 3.05) is 11.9 Å². The van der Waals surface area contributed by atoms with Crippen molar-refractivity contribution in [3.05, 3.63) is 73.1 Å². The molecular weight excluding hydrogens is 399 g/mol. The molecule has 1 aromatic heterocycles. The number of aromatic nitrogens is 4. The lowest BCUT2D eigenvalue weighted by Gasteiger charge is -2.15. The van der Waals surface area contributed by atoms with Crippen molar-refractivity contribution in [2.45, 2.75) is 0 Å². The number of nitro groups is 1. The van der Waals surface area contributed by atoms with Crippen LogP contribution in [0.4, 0.5) is 16.2 Å². The smallest absolute Gasteiger partial charge is 0.295 e. The summed E-state index contributed by atoms with van der Waals surface area (Å²) in [7, 11) is 1.39. The van der Waals surface area contributed by atoms with Crippen LogP contribution in [0.5, 0.6) is 0 Å². The highest BCUT2D eigenvalue weighted by molar-refractivity contribution is 6.37. The maximum absolute atomic E-state index is 12.6. The lowest BCUT2D eigenvalue weighted by molar-refractivity contribution is -0.384. The molecule has 0 unspecified atom stereocenters. The molecule has 10 nitrogen and oxygen atoms in total. The first kappa shape index (κ1) is 18.5. The highest BCUT2D eigenvalue weighted by Crippen LogP contribution is 2.26. The zero-order valence-electron chi connectivity index (χ0n) is 13.6. The van der Waals surface area contributed by atoms with Crippen LogP contribution in [0.3, 0.4) is 0 Å². The molecule has 3 rings (SSSR count). The Hall–Kier alpha value is -3.24. The molecule has 12 heteroatoms. The van der Waals surface area contributed by atoms with Gasteiger partial charge in [0.15, 0.2) is 0 Å². The van der Waals surface area contributed by atoms with Crippen LogP contribution < -0.4 is 10.6 Å². The number of tetrazole rings is 1. The summed E-state index contributed by atoms with van der Waals surface area (Å²) < 4.78 is 1.34. The Bertz CT molecular complexity index is 1070. The van der Waals surface area contributed by atoms with Gasteiger partial charge >= 0.3 is 11.7 Å². The average molecular weight is 409 g/mol. The van der Waals surface area contributed by atoms with E-state index in [0.29, 0.717) is 10.4 Å². The fourth-order valence-corrected chi connectivity index (χ4v) is 2.81. The Labute approximate surface area is 161 Å². The number of rotatable bonds is 3. The van der Waals surface area contributed by atoms with E-state index in [0.717, 1.165) is 9.58 Å². The monoisotopic (exact) mass is 408 g/mol. The second kappa shape index (κ2) is 7.17. The zero-order chi connectivity index (χ0) is 19.7. The van der Waals surface area contributed by atoms with Crippen molar-refractivity contribution in [2.24, 2.45) is 0 Å². The largest absolute Gasteiger partial charge is 0.377 e. The summed E-state index contributed by atoms with van der Waals surface area (Å²) in [6.45, 7) is 0. The third-order valence-electron chi connectivity index (χ3n) is 3.65. The molecule has 138 valence electrons. The van der Waals surface area contributed by atoms with Gasteiger partial charge < -0.3 is 0 Å². The predicted octanol–water partition coefficient (Wildman–Crippen LogP) is 2.75.